The predicted octanol–water partition coefficient (Wildman–Crippen LogP) is -1.72. The molecule has 5 heteroatoms. The van der Waals surface area contributed by atoms with Gasteiger partial charge in [-0.1, -0.05) is 0 Å². The lowest BCUT2D eigenvalue weighted by Gasteiger charge is -2.57. The van der Waals surface area contributed by atoms with Gasteiger partial charge in [0, 0.05) is 5.92 Å². The SMILES string of the molecule is OC12CCC(CC1)C(O)(O)C2(O)O. The number of aliphatic hydroxyl groups is 5. The molecular formula is C8H14O5. The molecule has 2 bridgehead atoms. The van der Waals surface area contributed by atoms with Gasteiger partial charge in [-0.3, -0.25) is 0 Å². The molecule has 5 N–H and O–H groups in total. The molecule has 3 aliphatic rings. The fraction of sp³-hybridized carbons (Fsp3) is 1.00. The van der Waals surface area contributed by atoms with Gasteiger partial charge >= 0.3 is 0 Å². The van der Waals surface area contributed by atoms with Crippen molar-refractivity contribution in [3.8, 4) is 0 Å². The molecule has 0 saturated heterocycles. The lowest BCUT2D eigenvalue weighted by molar-refractivity contribution is -0.456. The minimum atomic E-state index is -2.80. The summed E-state index contributed by atoms with van der Waals surface area (Å²) in [5.41, 5.74) is -1.77. The molecule has 0 aromatic rings. The molecule has 0 radical (unpaired) electrons. The Bertz CT molecular complexity index is 220. The van der Waals surface area contributed by atoms with Crippen molar-refractivity contribution in [2.75, 3.05) is 0 Å². The molecule has 3 aliphatic carbocycles. The zero-order chi connectivity index (χ0) is 9.91. The first-order chi connectivity index (χ1) is 5.81. The fourth-order valence-corrected chi connectivity index (χ4v) is 2.47. The second-order valence-corrected chi connectivity index (χ2v) is 4.20. The van der Waals surface area contributed by atoms with E-state index in [2.05, 4.69) is 0 Å². The summed E-state index contributed by atoms with van der Waals surface area (Å²) >= 11 is 0. The maximum absolute atomic E-state index is 9.76. The van der Waals surface area contributed by atoms with E-state index in [1.807, 2.05) is 0 Å². The standard InChI is InChI=1S/C8H14O5/c9-6-3-1-5(2-4-6)7(10,11)8(6,12)13/h5,9-13H,1-4H2. The van der Waals surface area contributed by atoms with Crippen LogP contribution in [0.1, 0.15) is 25.7 Å². The molecule has 0 heterocycles. The van der Waals surface area contributed by atoms with Crippen LogP contribution in [0.2, 0.25) is 0 Å². The van der Waals surface area contributed by atoms with Gasteiger partial charge in [-0.15, -0.1) is 0 Å². The van der Waals surface area contributed by atoms with E-state index < -0.39 is 23.1 Å². The van der Waals surface area contributed by atoms with Crippen LogP contribution in [0.4, 0.5) is 0 Å². The zero-order valence-corrected chi connectivity index (χ0v) is 7.14. The van der Waals surface area contributed by atoms with Gasteiger partial charge in [0.05, 0.1) is 0 Å². The molecule has 13 heavy (non-hydrogen) atoms. The molecule has 0 unspecified atom stereocenters. The van der Waals surface area contributed by atoms with Gasteiger partial charge in [-0.25, -0.2) is 0 Å². The Hall–Kier alpha value is -0.200. The third-order valence-corrected chi connectivity index (χ3v) is 3.54. The van der Waals surface area contributed by atoms with E-state index in [4.69, 9.17) is 0 Å². The Morgan fingerprint density at radius 1 is 0.846 bits per heavy atom. The van der Waals surface area contributed by atoms with Crippen molar-refractivity contribution in [3.05, 3.63) is 0 Å². The first-order valence-corrected chi connectivity index (χ1v) is 4.43. The highest BCUT2D eigenvalue weighted by molar-refractivity contribution is 5.11. The van der Waals surface area contributed by atoms with Crippen molar-refractivity contribution in [1.82, 2.24) is 0 Å². The van der Waals surface area contributed by atoms with Gasteiger partial charge in [0.1, 0.15) is 5.60 Å². The molecule has 5 nitrogen and oxygen atoms in total. The minimum Gasteiger partial charge on any atom is -0.384 e. The normalized spacial score (nSPS) is 46.4. The van der Waals surface area contributed by atoms with E-state index in [-0.39, 0.29) is 12.8 Å². The van der Waals surface area contributed by atoms with E-state index in [1.165, 1.54) is 0 Å². The van der Waals surface area contributed by atoms with Crippen molar-refractivity contribution in [2.24, 2.45) is 5.92 Å². The fourth-order valence-electron chi connectivity index (χ4n) is 2.47. The summed E-state index contributed by atoms with van der Waals surface area (Å²) < 4.78 is 0. The highest BCUT2D eigenvalue weighted by Gasteiger charge is 2.69. The summed E-state index contributed by atoms with van der Waals surface area (Å²) in [5, 5.41) is 47.6. The lowest BCUT2D eigenvalue weighted by atomic mass is 9.60. The van der Waals surface area contributed by atoms with Crippen molar-refractivity contribution in [3.63, 3.8) is 0 Å². The summed E-state index contributed by atoms with van der Waals surface area (Å²) in [6, 6.07) is 0. The van der Waals surface area contributed by atoms with Crippen molar-refractivity contribution in [1.29, 1.82) is 0 Å². The Labute approximate surface area is 75.3 Å². The number of rotatable bonds is 0. The summed E-state index contributed by atoms with van der Waals surface area (Å²) in [4.78, 5) is 0. The highest BCUT2D eigenvalue weighted by Crippen LogP contribution is 2.53. The van der Waals surface area contributed by atoms with E-state index in [0.29, 0.717) is 12.8 Å². The molecule has 0 aromatic heterocycles. The summed E-state index contributed by atoms with van der Waals surface area (Å²) in [5.74, 6) is -5.95. The van der Waals surface area contributed by atoms with Gasteiger partial charge in [0.25, 0.3) is 0 Å². The van der Waals surface area contributed by atoms with Crippen molar-refractivity contribution < 1.29 is 25.5 Å². The Kier molecular flexibility index (Phi) is 1.61. The highest BCUT2D eigenvalue weighted by atomic mass is 16.6. The van der Waals surface area contributed by atoms with Crippen LogP contribution in [0.25, 0.3) is 0 Å². The zero-order valence-electron chi connectivity index (χ0n) is 7.14. The van der Waals surface area contributed by atoms with Crippen LogP contribution in [-0.4, -0.2) is 42.7 Å². The molecule has 76 valence electrons. The van der Waals surface area contributed by atoms with E-state index in [0.717, 1.165) is 0 Å². The van der Waals surface area contributed by atoms with Gasteiger partial charge in [-0.05, 0) is 25.7 Å². The van der Waals surface area contributed by atoms with Crippen LogP contribution in [0, 0.1) is 5.92 Å². The summed E-state index contributed by atoms with van der Waals surface area (Å²) in [6.45, 7) is 0. The molecule has 0 amide bonds. The number of hydrogen-bond donors (Lipinski definition) is 5. The molecular weight excluding hydrogens is 176 g/mol. The van der Waals surface area contributed by atoms with Crippen LogP contribution in [0.15, 0.2) is 0 Å². The smallest absolute Gasteiger partial charge is 0.248 e. The monoisotopic (exact) mass is 190 g/mol. The quantitative estimate of drug-likeness (QED) is 0.293. The van der Waals surface area contributed by atoms with Crippen LogP contribution in [0.5, 0.6) is 0 Å². The summed E-state index contributed by atoms with van der Waals surface area (Å²) in [7, 11) is 0. The Morgan fingerprint density at radius 2 is 1.31 bits per heavy atom. The van der Waals surface area contributed by atoms with Crippen LogP contribution >= 0.6 is 0 Å². The number of fused-ring (bicyclic) bond motifs is 3. The molecule has 3 saturated carbocycles. The van der Waals surface area contributed by atoms with E-state index in [9.17, 15) is 25.5 Å². The Balaban J connectivity index is 2.44. The average molecular weight is 190 g/mol. The molecule has 0 aliphatic heterocycles. The first kappa shape index (κ1) is 9.36. The molecule has 3 rings (SSSR count). The molecule has 0 spiro atoms. The summed E-state index contributed by atoms with van der Waals surface area (Å²) in [6.07, 6.45) is 1.22. The maximum Gasteiger partial charge on any atom is 0.248 e. The molecule has 3 fully saturated rings. The third kappa shape index (κ3) is 0.884. The average Bonchev–Trinajstić information content (AvgIpc) is 2.02. The maximum atomic E-state index is 9.76. The molecule has 0 aromatic carbocycles. The second kappa shape index (κ2) is 2.24. The van der Waals surface area contributed by atoms with Crippen molar-refractivity contribution in [2.45, 2.75) is 42.9 Å². The second-order valence-electron chi connectivity index (χ2n) is 4.20. The van der Waals surface area contributed by atoms with Gasteiger partial charge in [0.2, 0.25) is 11.6 Å². The number of hydrogen-bond acceptors (Lipinski definition) is 5. The minimum absolute atomic E-state index is 0.202. The largest absolute Gasteiger partial charge is 0.384 e. The van der Waals surface area contributed by atoms with Crippen molar-refractivity contribution >= 4 is 0 Å². The van der Waals surface area contributed by atoms with Gasteiger partial charge in [0.15, 0.2) is 0 Å². The van der Waals surface area contributed by atoms with Gasteiger partial charge in [-0.2, -0.15) is 0 Å². The van der Waals surface area contributed by atoms with E-state index >= 15 is 0 Å². The Morgan fingerprint density at radius 3 is 1.62 bits per heavy atom. The topological polar surface area (TPSA) is 101 Å². The molecule has 0 atom stereocenters. The third-order valence-electron chi connectivity index (χ3n) is 3.54. The van der Waals surface area contributed by atoms with E-state index in [1.54, 1.807) is 0 Å². The van der Waals surface area contributed by atoms with Gasteiger partial charge < -0.3 is 25.5 Å². The van der Waals surface area contributed by atoms with Crippen LogP contribution < -0.4 is 0 Å². The van der Waals surface area contributed by atoms with Crippen LogP contribution in [-0.2, 0) is 0 Å². The lowest BCUT2D eigenvalue weighted by Crippen LogP contribution is -2.76. The predicted molar refractivity (Wildman–Crippen MR) is 41.2 cm³/mol. The van der Waals surface area contributed by atoms with Crippen LogP contribution in [0.3, 0.4) is 0 Å². The first-order valence-electron chi connectivity index (χ1n) is 4.43.